The van der Waals surface area contributed by atoms with E-state index in [9.17, 15) is 4.79 Å². The number of carbonyl (C=O) groups is 1. The van der Waals surface area contributed by atoms with Gasteiger partial charge in [-0.1, -0.05) is 6.07 Å². The van der Waals surface area contributed by atoms with Gasteiger partial charge in [-0.3, -0.25) is 4.79 Å². The van der Waals surface area contributed by atoms with Crippen LogP contribution < -0.4 is 5.32 Å². The van der Waals surface area contributed by atoms with Crippen molar-refractivity contribution in [3.63, 3.8) is 0 Å². The third kappa shape index (κ3) is 3.89. The van der Waals surface area contributed by atoms with E-state index in [0.717, 1.165) is 10.7 Å². The van der Waals surface area contributed by atoms with Gasteiger partial charge in [0.1, 0.15) is 11.9 Å². The molecule has 1 N–H and O–H groups in total. The molecule has 3 heterocycles. The number of hydrogen-bond donors (Lipinski definition) is 1. The molecular weight excluding hydrogens is 310 g/mol. The molecule has 0 saturated carbocycles. The summed E-state index contributed by atoms with van der Waals surface area (Å²) in [5.41, 5.74) is 0.617. The average molecular weight is 331 g/mol. The van der Waals surface area contributed by atoms with E-state index in [-0.39, 0.29) is 12.0 Å². The molecule has 2 aromatic rings. The Bertz CT molecular complexity index is 640. The third-order valence-corrected chi connectivity index (χ3v) is 4.63. The number of nitrogens with one attached hydrogen (secondary N) is 1. The molecule has 1 saturated heterocycles. The molecule has 3 rings (SSSR count). The predicted molar refractivity (Wildman–Crippen MR) is 91.9 cm³/mol. The van der Waals surface area contributed by atoms with Crippen molar-refractivity contribution < 1.29 is 9.53 Å². The smallest absolute Gasteiger partial charge is 0.255 e. The first-order valence-electron chi connectivity index (χ1n) is 7.80. The maximum absolute atomic E-state index is 12.7. The normalized spacial score (nSPS) is 18.2. The number of amides is 1. The number of morpholine rings is 1. The number of hydrogen-bond acceptors (Lipinski definition) is 5. The molecule has 0 bridgehead atoms. The molecule has 1 aliphatic heterocycles. The maximum Gasteiger partial charge on any atom is 0.255 e. The molecule has 0 spiro atoms. The summed E-state index contributed by atoms with van der Waals surface area (Å²) in [7, 11) is 0. The van der Waals surface area contributed by atoms with Crippen LogP contribution in [-0.2, 0) is 4.74 Å². The minimum Gasteiger partial charge on any atom is -0.369 e. The molecule has 2 aromatic heterocycles. The van der Waals surface area contributed by atoms with E-state index in [1.54, 1.807) is 17.5 Å². The number of nitrogens with zero attached hydrogens (tertiary/aromatic N) is 2. The lowest BCUT2D eigenvalue weighted by atomic mass is 10.2. The second-order valence-electron chi connectivity index (χ2n) is 5.86. The lowest BCUT2D eigenvalue weighted by Gasteiger charge is -2.32. The Morgan fingerprint density at radius 1 is 1.43 bits per heavy atom. The Labute approximate surface area is 140 Å². The zero-order valence-electron chi connectivity index (χ0n) is 13.4. The Morgan fingerprint density at radius 3 is 2.96 bits per heavy atom. The summed E-state index contributed by atoms with van der Waals surface area (Å²) >= 11 is 1.66. The van der Waals surface area contributed by atoms with Crippen LogP contribution >= 0.6 is 11.3 Å². The van der Waals surface area contributed by atoms with Crippen LogP contribution in [0.2, 0.25) is 0 Å². The average Bonchev–Trinajstić information content (AvgIpc) is 3.09. The lowest BCUT2D eigenvalue weighted by molar-refractivity contribution is -0.0211. The highest BCUT2D eigenvalue weighted by atomic mass is 32.1. The minimum atomic E-state index is -0.0254. The SMILES string of the molecule is CC(C)Nc1ccc(C(=O)N2CCOC(c3cccs3)C2)cn1. The van der Waals surface area contributed by atoms with Crippen LogP contribution in [0.25, 0.3) is 0 Å². The van der Waals surface area contributed by atoms with E-state index >= 15 is 0 Å². The standard InChI is InChI=1S/C17H21N3O2S/c1-12(2)19-16-6-5-13(10-18-16)17(21)20-7-8-22-14(11-20)15-4-3-9-23-15/h3-6,9-10,12,14H,7-8,11H2,1-2H3,(H,18,19). The van der Waals surface area contributed by atoms with Gasteiger partial charge >= 0.3 is 0 Å². The van der Waals surface area contributed by atoms with Crippen LogP contribution in [-0.4, -0.2) is 41.5 Å². The number of thiophene rings is 1. The molecule has 6 heteroatoms. The first-order chi connectivity index (χ1) is 11.1. The second kappa shape index (κ2) is 7.10. The summed E-state index contributed by atoms with van der Waals surface area (Å²) in [4.78, 5) is 20.0. The molecule has 1 amide bonds. The Kier molecular flexibility index (Phi) is 4.93. The van der Waals surface area contributed by atoms with Crippen molar-refractivity contribution in [3.05, 3.63) is 46.3 Å². The van der Waals surface area contributed by atoms with Gasteiger partial charge in [-0.05, 0) is 37.4 Å². The number of rotatable bonds is 4. The molecular formula is C17H21N3O2S. The van der Waals surface area contributed by atoms with Gasteiger partial charge in [0.05, 0.1) is 18.7 Å². The van der Waals surface area contributed by atoms with Gasteiger partial charge in [0, 0.05) is 23.7 Å². The molecule has 0 aromatic carbocycles. The van der Waals surface area contributed by atoms with Gasteiger partial charge in [-0.25, -0.2) is 4.98 Å². The zero-order chi connectivity index (χ0) is 16.2. The van der Waals surface area contributed by atoms with Gasteiger partial charge in [-0.15, -0.1) is 11.3 Å². The maximum atomic E-state index is 12.7. The predicted octanol–water partition coefficient (Wildman–Crippen LogP) is 3.18. The fourth-order valence-corrected chi connectivity index (χ4v) is 3.33. The largest absolute Gasteiger partial charge is 0.369 e. The van der Waals surface area contributed by atoms with Crippen molar-refractivity contribution in [3.8, 4) is 0 Å². The van der Waals surface area contributed by atoms with Crippen LogP contribution in [0.5, 0.6) is 0 Å². The van der Waals surface area contributed by atoms with Gasteiger partial charge in [0.25, 0.3) is 5.91 Å². The Hall–Kier alpha value is -1.92. The van der Waals surface area contributed by atoms with Gasteiger partial charge in [0.2, 0.25) is 0 Å². The third-order valence-electron chi connectivity index (χ3n) is 3.66. The second-order valence-corrected chi connectivity index (χ2v) is 6.84. The summed E-state index contributed by atoms with van der Waals surface area (Å²) in [5.74, 6) is 0.799. The highest BCUT2D eigenvalue weighted by molar-refractivity contribution is 7.10. The van der Waals surface area contributed by atoms with Crippen LogP contribution in [0.3, 0.4) is 0 Å². The van der Waals surface area contributed by atoms with Crippen molar-refractivity contribution >= 4 is 23.1 Å². The topological polar surface area (TPSA) is 54.5 Å². The van der Waals surface area contributed by atoms with E-state index in [0.29, 0.717) is 31.3 Å². The fraction of sp³-hybridized carbons (Fsp3) is 0.412. The van der Waals surface area contributed by atoms with Crippen LogP contribution in [0.4, 0.5) is 5.82 Å². The quantitative estimate of drug-likeness (QED) is 0.935. The van der Waals surface area contributed by atoms with Gasteiger partial charge < -0.3 is 15.0 Å². The molecule has 1 fully saturated rings. The molecule has 0 aliphatic carbocycles. The number of anilines is 1. The van der Waals surface area contributed by atoms with Crippen LogP contribution in [0.1, 0.15) is 35.2 Å². The number of aromatic nitrogens is 1. The molecule has 1 unspecified atom stereocenters. The number of ether oxygens (including phenoxy) is 1. The summed E-state index contributed by atoms with van der Waals surface area (Å²) in [6.07, 6.45) is 1.62. The lowest BCUT2D eigenvalue weighted by Crippen LogP contribution is -2.42. The highest BCUT2D eigenvalue weighted by Gasteiger charge is 2.26. The molecule has 23 heavy (non-hydrogen) atoms. The zero-order valence-corrected chi connectivity index (χ0v) is 14.2. The van der Waals surface area contributed by atoms with Crippen molar-refractivity contribution in [1.29, 1.82) is 0 Å². The van der Waals surface area contributed by atoms with Crippen molar-refractivity contribution in [2.24, 2.45) is 0 Å². The highest BCUT2D eigenvalue weighted by Crippen LogP contribution is 2.26. The summed E-state index contributed by atoms with van der Waals surface area (Å²) in [5, 5.41) is 5.25. The molecule has 5 nitrogen and oxygen atoms in total. The summed E-state index contributed by atoms with van der Waals surface area (Å²) in [6, 6.07) is 8.06. The van der Waals surface area contributed by atoms with Crippen molar-refractivity contribution in [2.75, 3.05) is 25.0 Å². The number of pyridine rings is 1. The van der Waals surface area contributed by atoms with E-state index in [2.05, 4.69) is 30.2 Å². The van der Waals surface area contributed by atoms with Crippen molar-refractivity contribution in [2.45, 2.75) is 26.0 Å². The van der Waals surface area contributed by atoms with Crippen LogP contribution in [0.15, 0.2) is 35.8 Å². The van der Waals surface area contributed by atoms with Crippen molar-refractivity contribution in [1.82, 2.24) is 9.88 Å². The van der Waals surface area contributed by atoms with Gasteiger partial charge in [-0.2, -0.15) is 0 Å². The molecule has 1 atom stereocenters. The molecule has 1 aliphatic rings. The Morgan fingerprint density at radius 2 is 2.30 bits per heavy atom. The minimum absolute atomic E-state index is 0.0125. The first-order valence-corrected chi connectivity index (χ1v) is 8.68. The molecule has 0 radical (unpaired) electrons. The van der Waals surface area contributed by atoms with Crippen LogP contribution in [0, 0.1) is 0 Å². The molecule has 122 valence electrons. The van der Waals surface area contributed by atoms with E-state index in [1.807, 2.05) is 28.5 Å². The fourth-order valence-electron chi connectivity index (χ4n) is 2.56. The Balaban J connectivity index is 1.67. The number of carbonyl (C=O) groups excluding carboxylic acids is 1. The van der Waals surface area contributed by atoms with E-state index in [4.69, 9.17) is 4.74 Å². The summed E-state index contributed by atoms with van der Waals surface area (Å²) < 4.78 is 5.79. The summed E-state index contributed by atoms with van der Waals surface area (Å²) in [6.45, 7) is 5.88. The monoisotopic (exact) mass is 331 g/mol. The van der Waals surface area contributed by atoms with Gasteiger partial charge in [0.15, 0.2) is 0 Å². The first kappa shape index (κ1) is 16.0. The van der Waals surface area contributed by atoms with E-state index in [1.165, 1.54) is 0 Å². The van der Waals surface area contributed by atoms with E-state index < -0.39 is 0 Å².